The fraction of sp³-hybridized carbons (Fsp3) is 0.545. The first-order valence-electron chi connectivity index (χ1n) is 4.93. The first kappa shape index (κ1) is 13.8. The Morgan fingerprint density at radius 1 is 1.44 bits per heavy atom. The highest BCUT2D eigenvalue weighted by molar-refractivity contribution is 9.09. The molecule has 0 saturated carbocycles. The van der Waals surface area contributed by atoms with Crippen LogP contribution in [0.1, 0.15) is 28.8 Å². The summed E-state index contributed by atoms with van der Waals surface area (Å²) in [5.74, 6) is 1.30. The molecule has 0 aliphatic carbocycles. The molecule has 90 valence electrons. The van der Waals surface area contributed by atoms with Gasteiger partial charge in [0.1, 0.15) is 11.5 Å². The summed E-state index contributed by atoms with van der Waals surface area (Å²) in [4.78, 5) is 12.0. The van der Waals surface area contributed by atoms with Crippen LogP contribution in [0.2, 0.25) is 0 Å². The first-order chi connectivity index (χ1) is 7.41. The highest BCUT2D eigenvalue weighted by atomic mass is 79.9. The lowest BCUT2D eigenvalue weighted by Gasteiger charge is -2.26. The van der Waals surface area contributed by atoms with Crippen molar-refractivity contribution < 1.29 is 9.21 Å². The number of carbonyl (C=O) groups excluding carboxylic acids is 1. The molecule has 0 fully saturated rings. The molecule has 0 spiro atoms. The Kier molecular flexibility index (Phi) is 4.62. The van der Waals surface area contributed by atoms with E-state index >= 15 is 0 Å². The Bertz CT molecular complexity index is 383. The van der Waals surface area contributed by atoms with Crippen molar-refractivity contribution in [2.75, 3.05) is 10.7 Å². The summed E-state index contributed by atoms with van der Waals surface area (Å²) in [7, 11) is 0. The summed E-state index contributed by atoms with van der Waals surface area (Å²) >= 11 is 6.78. The molecule has 0 aliphatic rings. The molecule has 1 aromatic heterocycles. The van der Waals surface area contributed by atoms with Gasteiger partial charge in [0.15, 0.2) is 0 Å². The summed E-state index contributed by atoms with van der Waals surface area (Å²) in [6.07, 6.45) is 0. The van der Waals surface area contributed by atoms with E-state index in [2.05, 4.69) is 37.2 Å². The molecule has 5 heteroatoms. The third-order valence-corrected chi connectivity index (χ3v) is 4.77. The largest absolute Gasteiger partial charge is 0.466 e. The van der Waals surface area contributed by atoms with Crippen LogP contribution >= 0.6 is 31.9 Å². The molecule has 16 heavy (non-hydrogen) atoms. The standard InChI is InChI=1S/C11H15Br2NO2/c1-7-4-9(8(2)16-7)10(15)14-11(3,5-12)6-13/h4H,5-6H2,1-3H3,(H,14,15). The lowest BCUT2D eigenvalue weighted by atomic mass is 10.1. The zero-order valence-electron chi connectivity index (χ0n) is 9.56. The van der Waals surface area contributed by atoms with Crippen LogP contribution in [0, 0.1) is 13.8 Å². The highest BCUT2D eigenvalue weighted by Gasteiger charge is 2.25. The quantitative estimate of drug-likeness (QED) is 0.845. The van der Waals surface area contributed by atoms with Crippen molar-refractivity contribution in [3.8, 4) is 0 Å². The minimum Gasteiger partial charge on any atom is -0.466 e. The highest BCUT2D eigenvalue weighted by Crippen LogP contribution is 2.17. The van der Waals surface area contributed by atoms with Gasteiger partial charge in [-0.2, -0.15) is 0 Å². The third kappa shape index (κ3) is 3.10. The molecule has 0 radical (unpaired) electrons. The number of carbonyl (C=O) groups is 1. The van der Waals surface area contributed by atoms with E-state index in [4.69, 9.17) is 4.42 Å². The van der Waals surface area contributed by atoms with Crippen molar-refractivity contribution >= 4 is 37.8 Å². The van der Waals surface area contributed by atoms with E-state index in [0.29, 0.717) is 22.0 Å². The normalized spacial score (nSPS) is 11.6. The molecule has 1 aromatic rings. The summed E-state index contributed by atoms with van der Waals surface area (Å²) in [5.41, 5.74) is 0.306. The Morgan fingerprint density at radius 3 is 2.38 bits per heavy atom. The molecular weight excluding hydrogens is 338 g/mol. The maximum atomic E-state index is 12.0. The molecule has 1 amide bonds. The molecule has 0 atom stereocenters. The minimum atomic E-state index is -0.297. The Hall–Kier alpha value is -0.290. The van der Waals surface area contributed by atoms with E-state index in [1.165, 1.54) is 0 Å². The summed E-state index contributed by atoms with van der Waals surface area (Å²) in [6, 6.07) is 1.76. The zero-order valence-corrected chi connectivity index (χ0v) is 12.7. The number of hydrogen-bond donors (Lipinski definition) is 1. The van der Waals surface area contributed by atoms with Crippen LogP contribution in [0.15, 0.2) is 10.5 Å². The van der Waals surface area contributed by atoms with Gasteiger partial charge < -0.3 is 9.73 Å². The molecule has 0 aromatic carbocycles. The molecule has 3 nitrogen and oxygen atoms in total. The fourth-order valence-electron chi connectivity index (χ4n) is 1.30. The van der Waals surface area contributed by atoms with E-state index in [0.717, 1.165) is 5.76 Å². The molecule has 1 heterocycles. The topological polar surface area (TPSA) is 42.2 Å². The first-order valence-corrected chi connectivity index (χ1v) is 7.17. The number of alkyl halides is 2. The number of aryl methyl sites for hydroxylation is 2. The summed E-state index contributed by atoms with van der Waals surface area (Å²) < 4.78 is 5.33. The number of rotatable bonds is 4. The zero-order chi connectivity index (χ0) is 12.3. The van der Waals surface area contributed by atoms with Gasteiger partial charge in [0.05, 0.1) is 11.1 Å². The van der Waals surface area contributed by atoms with Crippen LogP contribution in [0.5, 0.6) is 0 Å². The van der Waals surface area contributed by atoms with Gasteiger partial charge in [0.25, 0.3) is 5.91 Å². The number of hydrogen-bond acceptors (Lipinski definition) is 2. The Labute approximate surface area is 112 Å². The molecule has 1 rings (SSSR count). The smallest absolute Gasteiger partial charge is 0.255 e. The van der Waals surface area contributed by atoms with E-state index in [-0.39, 0.29) is 11.4 Å². The van der Waals surface area contributed by atoms with Crippen LogP contribution in [0.25, 0.3) is 0 Å². The number of furan rings is 1. The monoisotopic (exact) mass is 351 g/mol. The van der Waals surface area contributed by atoms with Gasteiger partial charge in [0.2, 0.25) is 0 Å². The van der Waals surface area contributed by atoms with Crippen molar-refractivity contribution in [2.45, 2.75) is 26.3 Å². The van der Waals surface area contributed by atoms with E-state index in [1.807, 2.05) is 13.8 Å². The number of amides is 1. The molecular formula is C11H15Br2NO2. The van der Waals surface area contributed by atoms with Gasteiger partial charge in [-0.05, 0) is 26.8 Å². The maximum Gasteiger partial charge on any atom is 0.255 e. The second-order valence-corrected chi connectivity index (χ2v) is 5.23. The van der Waals surface area contributed by atoms with Gasteiger partial charge in [-0.25, -0.2) is 0 Å². The predicted molar refractivity (Wildman–Crippen MR) is 71.6 cm³/mol. The average molecular weight is 353 g/mol. The predicted octanol–water partition coefficient (Wildman–Crippen LogP) is 3.17. The Morgan fingerprint density at radius 2 is 2.00 bits per heavy atom. The lowest BCUT2D eigenvalue weighted by Crippen LogP contribution is -2.49. The lowest BCUT2D eigenvalue weighted by molar-refractivity contribution is 0.0921. The van der Waals surface area contributed by atoms with Crippen LogP contribution in [-0.4, -0.2) is 22.1 Å². The van der Waals surface area contributed by atoms with E-state index < -0.39 is 0 Å². The Balaban J connectivity index is 2.84. The van der Waals surface area contributed by atoms with Crippen molar-refractivity contribution in [1.82, 2.24) is 5.32 Å². The second kappa shape index (κ2) is 5.36. The molecule has 0 unspecified atom stereocenters. The molecule has 0 bridgehead atoms. The maximum absolute atomic E-state index is 12.0. The van der Waals surface area contributed by atoms with Crippen molar-refractivity contribution in [2.24, 2.45) is 0 Å². The average Bonchev–Trinajstić information content (AvgIpc) is 2.57. The summed E-state index contributed by atoms with van der Waals surface area (Å²) in [6.45, 7) is 5.59. The molecule has 0 aliphatic heterocycles. The van der Waals surface area contributed by atoms with Gasteiger partial charge >= 0.3 is 0 Å². The van der Waals surface area contributed by atoms with Gasteiger partial charge in [-0.3, -0.25) is 4.79 Å². The van der Waals surface area contributed by atoms with Crippen LogP contribution in [0.3, 0.4) is 0 Å². The van der Waals surface area contributed by atoms with Crippen LogP contribution in [0.4, 0.5) is 0 Å². The third-order valence-electron chi connectivity index (χ3n) is 2.29. The number of nitrogens with one attached hydrogen (secondary N) is 1. The molecule has 0 saturated heterocycles. The van der Waals surface area contributed by atoms with Gasteiger partial charge in [-0.1, -0.05) is 31.9 Å². The van der Waals surface area contributed by atoms with Crippen molar-refractivity contribution in [3.05, 3.63) is 23.2 Å². The van der Waals surface area contributed by atoms with Crippen molar-refractivity contribution in [3.63, 3.8) is 0 Å². The SMILES string of the molecule is Cc1cc(C(=O)NC(C)(CBr)CBr)c(C)o1. The molecule has 1 N–H and O–H groups in total. The van der Waals surface area contributed by atoms with Crippen molar-refractivity contribution in [1.29, 1.82) is 0 Å². The summed E-state index contributed by atoms with van der Waals surface area (Å²) in [5, 5.41) is 4.35. The van der Waals surface area contributed by atoms with Gasteiger partial charge in [-0.15, -0.1) is 0 Å². The van der Waals surface area contributed by atoms with Gasteiger partial charge in [0, 0.05) is 10.7 Å². The van der Waals surface area contributed by atoms with E-state index in [9.17, 15) is 4.79 Å². The number of halogens is 2. The minimum absolute atomic E-state index is 0.101. The van der Waals surface area contributed by atoms with Crippen LogP contribution in [-0.2, 0) is 0 Å². The van der Waals surface area contributed by atoms with E-state index in [1.54, 1.807) is 13.0 Å². The fourth-order valence-corrected chi connectivity index (χ4v) is 2.51. The van der Waals surface area contributed by atoms with Crippen LogP contribution < -0.4 is 5.32 Å². The second-order valence-electron chi connectivity index (χ2n) is 4.11.